The number of benzene rings is 1. The molecule has 0 aliphatic rings. The Kier molecular flexibility index (Phi) is 4.33. The van der Waals surface area contributed by atoms with Crippen molar-refractivity contribution in [2.24, 2.45) is 5.92 Å². The van der Waals surface area contributed by atoms with Crippen molar-refractivity contribution in [2.75, 3.05) is 20.6 Å². The summed E-state index contributed by atoms with van der Waals surface area (Å²) in [5.74, 6) is 0.493. The minimum Gasteiger partial charge on any atom is -0.329 e. The van der Waals surface area contributed by atoms with Gasteiger partial charge in [0.1, 0.15) is 0 Å². The van der Waals surface area contributed by atoms with E-state index in [0.717, 1.165) is 27.4 Å². The lowest BCUT2D eigenvalue weighted by atomic mass is 10.0. The van der Waals surface area contributed by atoms with E-state index in [9.17, 15) is 0 Å². The maximum absolute atomic E-state index is 6.23. The number of nitrogens with one attached hydrogen (secondary N) is 1. The van der Waals surface area contributed by atoms with Gasteiger partial charge in [-0.15, -0.1) is 0 Å². The SMILES string of the molecule is CC(C)C(CN(C)C)n1c(=S)[nH]c2c(Cl)cccc21. The van der Waals surface area contributed by atoms with E-state index in [1.54, 1.807) is 0 Å². The van der Waals surface area contributed by atoms with E-state index in [4.69, 9.17) is 23.8 Å². The van der Waals surface area contributed by atoms with Crippen LogP contribution in [-0.4, -0.2) is 35.1 Å². The fraction of sp³-hybridized carbons (Fsp3) is 0.500. The number of likely N-dealkylation sites (N-methyl/N-ethyl adjacent to an activating group) is 1. The number of imidazole rings is 1. The fourth-order valence-electron chi connectivity index (χ4n) is 2.41. The van der Waals surface area contributed by atoms with E-state index in [-0.39, 0.29) is 0 Å². The van der Waals surface area contributed by atoms with Gasteiger partial charge in [-0.05, 0) is 44.4 Å². The molecule has 0 saturated carbocycles. The van der Waals surface area contributed by atoms with Gasteiger partial charge in [0.05, 0.1) is 22.1 Å². The number of nitrogens with zero attached hydrogens (tertiary/aromatic N) is 2. The molecule has 0 bridgehead atoms. The quantitative estimate of drug-likeness (QED) is 0.859. The first-order valence-corrected chi connectivity index (χ1v) is 7.24. The van der Waals surface area contributed by atoms with Crippen LogP contribution in [0.2, 0.25) is 5.02 Å². The highest BCUT2D eigenvalue weighted by Gasteiger charge is 2.20. The molecule has 0 fully saturated rings. The monoisotopic (exact) mass is 297 g/mol. The molecule has 0 aliphatic carbocycles. The van der Waals surface area contributed by atoms with Gasteiger partial charge < -0.3 is 14.5 Å². The van der Waals surface area contributed by atoms with Crippen molar-refractivity contribution < 1.29 is 0 Å². The Morgan fingerprint density at radius 3 is 2.63 bits per heavy atom. The van der Waals surface area contributed by atoms with Crippen LogP contribution in [0.5, 0.6) is 0 Å². The largest absolute Gasteiger partial charge is 0.329 e. The summed E-state index contributed by atoms with van der Waals surface area (Å²) < 4.78 is 2.94. The van der Waals surface area contributed by atoms with Crippen LogP contribution in [-0.2, 0) is 0 Å². The zero-order valence-corrected chi connectivity index (χ0v) is 13.3. The predicted molar refractivity (Wildman–Crippen MR) is 84.6 cm³/mol. The number of halogens is 1. The molecule has 104 valence electrons. The van der Waals surface area contributed by atoms with Gasteiger partial charge in [0.25, 0.3) is 0 Å². The number of rotatable bonds is 4. The molecule has 0 radical (unpaired) electrons. The second-order valence-electron chi connectivity index (χ2n) is 5.51. The summed E-state index contributed by atoms with van der Waals surface area (Å²) in [5.41, 5.74) is 2.01. The molecule has 1 unspecified atom stereocenters. The minimum absolute atomic E-state index is 0.328. The zero-order chi connectivity index (χ0) is 14.2. The first-order chi connectivity index (χ1) is 8.91. The Morgan fingerprint density at radius 1 is 1.37 bits per heavy atom. The van der Waals surface area contributed by atoms with Gasteiger partial charge in [-0.2, -0.15) is 0 Å². The number of aromatic nitrogens is 2. The van der Waals surface area contributed by atoms with Crippen LogP contribution < -0.4 is 0 Å². The van der Waals surface area contributed by atoms with Crippen molar-refractivity contribution in [3.8, 4) is 0 Å². The Labute approximate surface area is 124 Å². The Bertz CT molecular complexity index is 627. The highest BCUT2D eigenvalue weighted by Crippen LogP contribution is 2.28. The smallest absolute Gasteiger partial charge is 0.178 e. The lowest BCUT2D eigenvalue weighted by molar-refractivity contribution is 0.272. The van der Waals surface area contributed by atoms with Crippen molar-refractivity contribution in [3.05, 3.63) is 28.0 Å². The molecule has 1 aromatic heterocycles. The molecule has 2 rings (SSSR count). The van der Waals surface area contributed by atoms with Crippen LogP contribution >= 0.6 is 23.8 Å². The van der Waals surface area contributed by atoms with Crippen LogP contribution in [0.15, 0.2) is 18.2 Å². The topological polar surface area (TPSA) is 24.0 Å². The van der Waals surface area contributed by atoms with Gasteiger partial charge in [-0.1, -0.05) is 31.5 Å². The molecule has 5 heteroatoms. The molecule has 19 heavy (non-hydrogen) atoms. The first-order valence-electron chi connectivity index (χ1n) is 6.45. The number of hydrogen-bond acceptors (Lipinski definition) is 2. The van der Waals surface area contributed by atoms with E-state index in [2.05, 4.69) is 48.5 Å². The fourth-order valence-corrected chi connectivity index (χ4v) is 2.96. The Hall–Kier alpha value is -0.840. The molecule has 0 aliphatic heterocycles. The molecule has 1 N–H and O–H groups in total. The maximum atomic E-state index is 6.23. The molecule has 0 amide bonds. The summed E-state index contributed by atoms with van der Waals surface area (Å²) in [5, 5.41) is 0.717. The van der Waals surface area contributed by atoms with Crippen molar-refractivity contribution in [2.45, 2.75) is 19.9 Å². The average molecular weight is 298 g/mol. The van der Waals surface area contributed by atoms with Crippen LogP contribution in [0.3, 0.4) is 0 Å². The van der Waals surface area contributed by atoms with Gasteiger partial charge >= 0.3 is 0 Å². The third kappa shape index (κ3) is 2.86. The predicted octanol–water partition coefficient (Wildman–Crippen LogP) is 4.11. The molecule has 0 saturated heterocycles. The van der Waals surface area contributed by atoms with E-state index < -0.39 is 0 Å². The number of H-pyrrole nitrogens is 1. The number of fused-ring (bicyclic) bond motifs is 1. The second kappa shape index (κ2) is 5.65. The van der Waals surface area contributed by atoms with Crippen molar-refractivity contribution in [1.82, 2.24) is 14.5 Å². The number of aromatic amines is 1. The third-order valence-corrected chi connectivity index (χ3v) is 3.97. The minimum atomic E-state index is 0.328. The summed E-state index contributed by atoms with van der Waals surface area (Å²) >= 11 is 11.7. The first kappa shape index (κ1) is 14.6. The summed E-state index contributed by atoms with van der Waals surface area (Å²) in [6, 6.07) is 6.25. The summed E-state index contributed by atoms with van der Waals surface area (Å²) in [7, 11) is 4.17. The van der Waals surface area contributed by atoms with Gasteiger partial charge in [0.15, 0.2) is 4.77 Å². The molecule has 3 nitrogen and oxygen atoms in total. The van der Waals surface area contributed by atoms with Gasteiger partial charge in [-0.25, -0.2) is 0 Å². The molecule has 2 aromatic rings. The maximum Gasteiger partial charge on any atom is 0.178 e. The molecular formula is C14H20ClN3S. The lowest BCUT2D eigenvalue weighted by Gasteiger charge is -2.26. The highest BCUT2D eigenvalue weighted by molar-refractivity contribution is 7.71. The number of hydrogen-bond donors (Lipinski definition) is 1. The summed E-state index contributed by atoms with van der Waals surface area (Å²) in [4.78, 5) is 5.42. The van der Waals surface area contributed by atoms with Crippen LogP contribution in [0.1, 0.15) is 19.9 Å². The molecule has 1 aromatic carbocycles. The summed E-state index contributed by atoms with van der Waals surface area (Å²) in [6.45, 7) is 5.39. The van der Waals surface area contributed by atoms with E-state index >= 15 is 0 Å². The zero-order valence-electron chi connectivity index (χ0n) is 11.8. The van der Waals surface area contributed by atoms with Crippen LogP contribution in [0, 0.1) is 10.7 Å². The average Bonchev–Trinajstić information content (AvgIpc) is 2.64. The van der Waals surface area contributed by atoms with Gasteiger partial charge in [0, 0.05) is 6.54 Å². The third-order valence-electron chi connectivity index (χ3n) is 3.36. The van der Waals surface area contributed by atoms with E-state index in [1.165, 1.54) is 0 Å². The van der Waals surface area contributed by atoms with Gasteiger partial charge in [-0.3, -0.25) is 0 Å². The van der Waals surface area contributed by atoms with Gasteiger partial charge in [0.2, 0.25) is 0 Å². The van der Waals surface area contributed by atoms with E-state index in [1.807, 2.05) is 12.1 Å². The normalized spacial score (nSPS) is 13.6. The van der Waals surface area contributed by atoms with Crippen molar-refractivity contribution in [1.29, 1.82) is 0 Å². The van der Waals surface area contributed by atoms with Crippen molar-refractivity contribution in [3.63, 3.8) is 0 Å². The molecular weight excluding hydrogens is 278 g/mol. The Balaban J connectivity index is 2.63. The standard InChI is InChI=1S/C14H20ClN3S/c1-9(2)12(8-17(3)4)18-11-7-5-6-10(15)13(11)16-14(18)19/h5-7,9,12H,8H2,1-4H3,(H,16,19). The second-order valence-corrected chi connectivity index (χ2v) is 6.30. The summed E-state index contributed by atoms with van der Waals surface area (Å²) in [6.07, 6.45) is 0. The number of para-hydroxylation sites is 1. The molecule has 1 heterocycles. The highest BCUT2D eigenvalue weighted by atomic mass is 35.5. The van der Waals surface area contributed by atoms with E-state index in [0.29, 0.717) is 12.0 Å². The lowest BCUT2D eigenvalue weighted by Crippen LogP contribution is -2.28. The molecule has 1 atom stereocenters. The van der Waals surface area contributed by atoms with Crippen LogP contribution in [0.25, 0.3) is 11.0 Å². The molecule has 0 spiro atoms. The van der Waals surface area contributed by atoms with Crippen LogP contribution in [0.4, 0.5) is 0 Å². The van der Waals surface area contributed by atoms with Crippen molar-refractivity contribution >= 4 is 34.9 Å². The Morgan fingerprint density at radius 2 is 2.05 bits per heavy atom.